The molecule has 0 amide bonds. The first-order valence-corrected chi connectivity index (χ1v) is 6.32. The molecule has 2 aromatic rings. The van der Waals surface area contributed by atoms with Gasteiger partial charge in [-0.3, -0.25) is 4.99 Å². The summed E-state index contributed by atoms with van der Waals surface area (Å²) in [6.07, 6.45) is 3.97. The van der Waals surface area contributed by atoms with Crippen molar-refractivity contribution < 1.29 is 0 Å². The number of benzene rings is 1. The second kappa shape index (κ2) is 5.30. The predicted molar refractivity (Wildman–Crippen MR) is 76.5 cm³/mol. The SMILES string of the molecule is CCn1cccc1C=Nc1ccc(I)cc1. The number of aryl methyl sites for hydroxylation is 1. The molecule has 1 heterocycles. The van der Waals surface area contributed by atoms with Crippen molar-refractivity contribution in [2.24, 2.45) is 4.99 Å². The average Bonchev–Trinajstić information content (AvgIpc) is 2.76. The Balaban J connectivity index is 2.18. The summed E-state index contributed by atoms with van der Waals surface area (Å²) in [6.45, 7) is 3.10. The molecule has 1 aromatic carbocycles. The molecule has 0 aliphatic carbocycles. The smallest absolute Gasteiger partial charge is 0.0631 e. The number of aromatic nitrogens is 1. The summed E-state index contributed by atoms with van der Waals surface area (Å²) in [4.78, 5) is 4.45. The van der Waals surface area contributed by atoms with Crippen molar-refractivity contribution in [2.75, 3.05) is 0 Å². The Hall–Kier alpha value is -1.10. The van der Waals surface area contributed by atoms with Crippen LogP contribution in [0.4, 0.5) is 5.69 Å². The zero-order chi connectivity index (χ0) is 11.4. The number of aliphatic imine (C=N–C) groups is 1. The van der Waals surface area contributed by atoms with E-state index in [2.05, 4.69) is 63.5 Å². The van der Waals surface area contributed by atoms with Crippen LogP contribution in [0, 0.1) is 3.57 Å². The number of rotatable bonds is 3. The number of nitrogens with zero attached hydrogens (tertiary/aromatic N) is 2. The van der Waals surface area contributed by atoms with Crippen LogP contribution < -0.4 is 0 Å². The molecule has 2 nitrogen and oxygen atoms in total. The lowest BCUT2D eigenvalue weighted by molar-refractivity contribution is 0.764. The fraction of sp³-hybridized carbons (Fsp3) is 0.154. The van der Waals surface area contributed by atoms with Gasteiger partial charge in [0.25, 0.3) is 0 Å². The van der Waals surface area contributed by atoms with Crippen molar-refractivity contribution in [2.45, 2.75) is 13.5 Å². The highest BCUT2D eigenvalue weighted by Crippen LogP contribution is 2.14. The van der Waals surface area contributed by atoms with E-state index in [1.807, 2.05) is 24.4 Å². The molecule has 0 saturated heterocycles. The third-order valence-corrected chi connectivity index (χ3v) is 3.10. The van der Waals surface area contributed by atoms with Gasteiger partial charge >= 0.3 is 0 Å². The molecule has 0 unspecified atom stereocenters. The van der Waals surface area contributed by atoms with Crippen molar-refractivity contribution in [1.82, 2.24) is 4.57 Å². The van der Waals surface area contributed by atoms with E-state index in [1.165, 1.54) is 3.57 Å². The minimum Gasteiger partial charge on any atom is -0.347 e. The van der Waals surface area contributed by atoms with Crippen LogP contribution in [0.5, 0.6) is 0 Å². The van der Waals surface area contributed by atoms with Gasteiger partial charge in [0, 0.05) is 16.3 Å². The van der Waals surface area contributed by atoms with E-state index in [9.17, 15) is 0 Å². The van der Waals surface area contributed by atoms with Crippen LogP contribution in [0.15, 0.2) is 47.6 Å². The molecule has 0 radical (unpaired) electrons. The van der Waals surface area contributed by atoms with Crippen LogP contribution in [0.1, 0.15) is 12.6 Å². The molecule has 3 heteroatoms. The second-order valence-corrected chi connectivity index (χ2v) is 4.70. The quantitative estimate of drug-likeness (QED) is 0.603. The predicted octanol–water partition coefficient (Wildman–Crippen LogP) is 3.86. The zero-order valence-corrected chi connectivity index (χ0v) is 11.3. The Bertz CT molecular complexity index is 483. The topological polar surface area (TPSA) is 17.3 Å². The van der Waals surface area contributed by atoms with E-state index >= 15 is 0 Å². The summed E-state index contributed by atoms with van der Waals surface area (Å²) in [6, 6.07) is 12.3. The molecular weight excluding hydrogens is 311 g/mol. The zero-order valence-electron chi connectivity index (χ0n) is 9.10. The van der Waals surface area contributed by atoms with Gasteiger partial charge in [-0.1, -0.05) is 0 Å². The third-order valence-electron chi connectivity index (χ3n) is 2.38. The van der Waals surface area contributed by atoms with Gasteiger partial charge in [0.1, 0.15) is 0 Å². The molecule has 2 rings (SSSR count). The average molecular weight is 324 g/mol. The Labute approximate surface area is 109 Å². The van der Waals surface area contributed by atoms with Crippen LogP contribution in [-0.4, -0.2) is 10.8 Å². The first-order chi connectivity index (χ1) is 7.79. The van der Waals surface area contributed by atoms with Gasteiger partial charge in [0.2, 0.25) is 0 Å². The monoisotopic (exact) mass is 324 g/mol. The maximum absolute atomic E-state index is 4.45. The summed E-state index contributed by atoms with van der Waals surface area (Å²) in [5.74, 6) is 0. The van der Waals surface area contributed by atoms with E-state index in [-0.39, 0.29) is 0 Å². The van der Waals surface area contributed by atoms with Gasteiger partial charge < -0.3 is 4.57 Å². The molecule has 1 aromatic heterocycles. The van der Waals surface area contributed by atoms with Crippen molar-refractivity contribution in [3.8, 4) is 0 Å². The standard InChI is InChI=1S/C13H13IN2/c1-2-16-9-3-4-13(16)10-15-12-7-5-11(14)6-8-12/h3-10H,2H2,1H3. The molecule has 0 spiro atoms. The van der Waals surface area contributed by atoms with E-state index < -0.39 is 0 Å². The summed E-state index contributed by atoms with van der Waals surface area (Å²) in [7, 11) is 0. The second-order valence-electron chi connectivity index (χ2n) is 3.45. The largest absolute Gasteiger partial charge is 0.347 e. The summed E-state index contributed by atoms with van der Waals surface area (Å²) in [5.41, 5.74) is 2.13. The van der Waals surface area contributed by atoms with Gasteiger partial charge in [-0.2, -0.15) is 0 Å². The molecule has 82 valence electrons. The van der Waals surface area contributed by atoms with Crippen molar-refractivity contribution in [3.05, 3.63) is 51.9 Å². The molecule has 0 saturated carbocycles. The molecular formula is C13H13IN2. The first kappa shape index (κ1) is 11.4. The van der Waals surface area contributed by atoms with Crippen LogP contribution in [0.25, 0.3) is 0 Å². The van der Waals surface area contributed by atoms with Crippen LogP contribution >= 0.6 is 22.6 Å². The minimum absolute atomic E-state index is 0.973. The van der Waals surface area contributed by atoms with Crippen LogP contribution in [0.2, 0.25) is 0 Å². The Morgan fingerprint density at radius 3 is 2.69 bits per heavy atom. The van der Waals surface area contributed by atoms with Crippen molar-refractivity contribution in [3.63, 3.8) is 0 Å². The molecule has 0 aliphatic rings. The maximum Gasteiger partial charge on any atom is 0.0631 e. The summed E-state index contributed by atoms with van der Waals surface area (Å²) < 4.78 is 3.39. The van der Waals surface area contributed by atoms with Crippen molar-refractivity contribution in [1.29, 1.82) is 0 Å². The molecule has 0 fully saturated rings. The molecule has 0 N–H and O–H groups in total. The fourth-order valence-corrected chi connectivity index (χ4v) is 1.86. The van der Waals surface area contributed by atoms with Crippen molar-refractivity contribution >= 4 is 34.5 Å². The lowest BCUT2D eigenvalue weighted by Gasteiger charge is -2.00. The van der Waals surface area contributed by atoms with E-state index in [4.69, 9.17) is 0 Å². The fourth-order valence-electron chi connectivity index (χ4n) is 1.50. The highest BCUT2D eigenvalue weighted by atomic mass is 127. The van der Waals surface area contributed by atoms with E-state index in [0.717, 1.165) is 17.9 Å². The lowest BCUT2D eigenvalue weighted by atomic mass is 10.3. The van der Waals surface area contributed by atoms with E-state index in [0.29, 0.717) is 0 Å². The lowest BCUT2D eigenvalue weighted by Crippen LogP contribution is -1.97. The van der Waals surface area contributed by atoms with Crippen LogP contribution in [-0.2, 0) is 6.54 Å². The summed E-state index contributed by atoms with van der Waals surface area (Å²) in [5, 5.41) is 0. The number of hydrogen-bond donors (Lipinski definition) is 0. The Kier molecular flexibility index (Phi) is 3.77. The minimum atomic E-state index is 0.973. The Morgan fingerprint density at radius 1 is 1.25 bits per heavy atom. The highest BCUT2D eigenvalue weighted by molar-refractivity contribution is 14.1. The molecule has 0 atom stereocenters. The molecule has 0 bridgehead atoms. The number of hydrogen-bond acceptors (Lipinski definition) is 1. The van der Waals surface area contributed by atoms with Gasteiger partial charge in [0.15, 0.2) is 0 Å². The normalized spacial score (nSPS) is 11.1. The Morgan fingerprint density at radius 2 is 2.00 bits per heavy atom. The highest BCUT2D eigenvalue weighted by Gasteiger charge is 1.94. The van der Waals surface area contributed by atoms with Gasteiger partial charge in [0.05, 0.1) is 17.6 Å². The molecule has 16 heavy (non-hydrogen) atoms. The number of halogens is 1. The van der Waals surface area contributed by atoms with E-state index in [1.54, 1.807) is 0 Å². The molecule has 0 aliphatic heterocycles. The summed E-state index contributed by atoms with van der Waals surface area (Å²) >= 11 is 2.29. The van der Waals surface area contributed by atoms with Gasteiger partial charge in [-0.05, 0) is 65.9 Å². The third kappa shape index (κ3) is 2.72. The first-order valence-electron chi connectivity index (χ1n) is 5.24. The van der Waals surface area contributed by atoms with Gasteiger partial charge in [-0.25, -0.2) is 0 Å². The van der Waals surface area contributed by atoms with Gasteiger partial charge in [-0.15, -0.1) is 0 Å². The maximum atomic E-state index is 4.45. The van der Waals surface area contributed by atoms with Crippen LogP contribution in [0.3, 0.4) is 0 Å².